The summed E-state index contributed by atoms with van der Waals surface area (Å²) in [4.78, 5) is 13.7. The Morgan fingerprint density at radius 1 is 1.56 bits per heavy atom. The number of nitrogens with zero attached hydrogens (tertiary/aromatic N) is 2. The number of hydrogen-bond acceptors (Lipinski definition) is 7. The lowest BCUT2D eigenvalue weighted by atomic mass is 10.4. The highest BCUT2D eigenvalue weighted by atomic mass is 32.2. The summed E-state index contributed by atoms with van der Waals surface area (Å²) < 4.78 is 4.50. The van der Waals surface area contributed by atoms with Crippen molar-refractivity contribution in [1.82, 2.24) is 20.8 Å². The number of rotatable bonds is 4. The van der Waals surface area contributed by atoms with Gasteiger partial charge in [0.25, 0.3) is 0 Å². The smallest absolute Gasteiger partial charge is 0.248 e. The van der Waals surface area contributed by atoms with Crippen molar-refractivity contribution in [3.63, 3.8) is 0 Å². The van der Waals surface area contributed by atoms with Gasteiger partial charge >= 0.3 is 0 Å². The van der Waals surface area contributed by atoms with Crippen molar-refractivity contribution in [2.24, 2.45) is 0 Å². The van der Waals surface area contributed by atoms with Crippen molar-refractivity contribution < 1.29 is 9.84 Å². The minimum Gasteiger partial charge on any atom is -0.325 e. The molecule has 0 aliphatic carbocycles. The van der Waals surface area contributed by atoms with Crippen LogP contribution in [-0.2, 0) is 5.75 Å². The molecular weight excluding hydrogens is 258 g/mol. The highest BCUT2D eigenvalue weighted by molar-refractivity contribution is 7.98. The standard InChI is InChI=1S/C9H9N5O3S/c10-8(12-16)7-9(14-17-13-7)18-4-5-2-1-3-6(15)11-5/h1-3,16H,4H2,(H2,10,12)(H,11,15). The van der Waals surface area contributed by atoms with Crippen LogP contribution in [-0.4, -0.2) is 26.3 Å². The highest BCUT2D eigenvalue weighted by Gasteiger charge is 2.15. The van der Waals surface area contributed by atoms with Gasteiger partial charge in [-0.3, -0.25) is 20.9 Å². The number of H-pyrrole nitrogens is 1. The van der Waals surface area contributed by atoms with Crippen LogP contribution in [0.2, 0.25) is 0 Å². The lowest BCUT2D eigenvalue weighted by Crippen LogP contribution is -2.19. The number of aromatic nitrogens is 3. The number of hydroxylamine groups is 1. The SMILES string of the molecule is N=C(NO)c1nonc1SCc1cccc(=O)[nH]1. The predicted molar refractivity (Wildman–Crippen MR) is 62.7 cm³/mol. The molecule has 2 aromatic rings. The maximum atomic E-state index is 11.1. The van der Waals surface area contributed by atoms with Crippen LogP contribution >= 0.6 is 11.8 Å². The molecule has 0 bridgehead atoms. The molecule has 0 aromatic carbocycles. The van der Waals surface area contributed by atoms with E-state index in [4.69, 9.17) is 10.6 Å². The second-order valence-electron chi connectivity index (χ2n) is 3.23. The first-order chi connectivity index (χ1) is 8.70. The van der Waals surface area contributed by atoms with Gasteiger partial charge in [0.15, 0.2) is 16.6 Å². The van der Waals surface area contributed by atoms with Crippen molar-refractivity contribution >= 4 is 17.6 Å². The van der Waals surface area contributed by atoms with Crippen molar-refractivity contribution in [2.45, 2.75) is 10.8 Å². The third kappa shape index (κ3) is 2.76. The van der Waals surface area contributed by atoms with Crippen LogP contribution in [0.5, 0.6) is 0 Å². The van der Waals surface area contributed by atoms with Crippen molar-refractivity contribution in [2.75, 3.05) is 0 Å². The molecule has 18 heavy (non-hydrogen) atoms. The van der Waals surface area contributed by atoms with E-state index < -0.39 is 0 Å². The van der Waals surface area contributed by atoms with Gasteiger partial charge < -0.3 is 4.98 Å². The molecule has 0 aliphatic heterocycles. The van der Waals surface area contributed by atoms with E-state index in [-0.39, 0.29) is 17.1 Å². The van der Waals surface area contributed by atoms with Gasteiger partial charge in [-0.15, -0.1) is 0 Å². The molecule has 94 valence electrons. The summed E-state index contributed by atoms with van der Waals surface area (Å²) in [5.74, 6) is 0.135. The molecule has 0 atom stereocenters. The molecule has 2 heterocycles. The van der Waals surface area contributed by atoms with Crippen LogP contribution in [0.15, 0.2) is 32.6 Å². The largest absolute Gasteiger partial charge is 0.325 e. The number of thioether (sulfide) groups is 1. The summed E-state index contributed by atoms with van der Waals surface area (Å²) >= 11 is 1.23. The number of hydrogen-bond donors (Lipinski definition) is 4. The average Bonchev–Trinajstić information content (AvgIpc) is 2.84. The Balaban J connectivity index is 2.09. The maximum Gasteiger partial charge on any atom is 0.248 e. The van der Waals surface area contributed by atoms with Crippen LogP contribution in [0, 0.1) is 5.41 Å². The van der Waals surface area contributed by atoms with E-state index in [9.17, 15) is 4.79 Å². The van der Waals surface area contributed by atoms with E-state index in [0.717, 1.165) is 0 Å². The van der Waals surface area contributed by atoms with E-state index >= 15 is 0 Å². The Labute approximate surface area is 105 Å². The van der Waals surface area contributed by atoms with Crippen LogP contribution in [0.3, 0.4) is 0 Å². The summed E-state index contributed by atoms with van der Waals surface area (Å²) in [6.45, 7) is 0. The van der Waals surface area contributed by atoms with E-state index in [1.54, 1.807) is 17.6 Å². The summed E-state index contributed by atoms with van der Waals surface area (Å²) in [5.41, 5.74) is 2.31. The Morgan fingerprint density at radius 2 is 2.39 bits per heavy atom. The second-order valence-corrected chi connectivity index (χ2v) is 4.20. The fourth-order valence-corrected chi connectivity index (χ4v) is 2.03. The molecule has 0 amide bonds. The van der Waals surface area contributed by atoms with Gasteiger partial charge in [0.2, 0.25) is 5.56 Å². The first-order valence-corrected chi connectivity index (χ1v) is 5.82. The molecule has 0 saturated carbocycles. The van der Waals surface area contributed by atoms with Gasteiger partial charge in [0.1, 0.15) is 0 Å². The van der Waals surface area contributed by atoms with Crippen molar-refractivity contribution in [1.29, 1.82) is 5.41 Å². The Kier molecular flexibility index (Phi) is 3.75. The molecule has 0 saturated heterocycles. The Hall–Kier alpha value is -2.13. The summed E-state index contributed by atoms with van der Waals surface area (Å²) in [5, 5.41) is 23.4. The second kappa shape index (κ2) is 5.47. The quantitative estimate of drug-likeness (QED) is 0.272. The van der Waals surface area contributed by atoms with E-state index in [1.165, 1.54) is 17.8 Å². The topological polar surface area (TPSA) is 128 Å². The number of nitrogens with one attached hydrogen (secondary N) is 3. The zero-order chi connectivity index (χ0) is 13.0. The van der Waals surface area contributed by atoms with E-state index in [1.807, 2.05) is 0 Å². The number of pyridine rings is 1. The first-order valence-electron chi connectivity index (χ1n) is 4.83. The molecule has 2 rings (SSSR count). The molecule has 0 unspecified atom stereocenters. The summed E-state index contributed by atoms with van der Waals surface area (Å²) in [7, 11) is 0. The summed E-state index contributed by atoms with van der Waals surface area (Å²) in [6, 6.07) is 4.83. The average molecular weight is 267 g/mol. The first kappa shape index (κ1) is 12.3. The predicted octanol–water partition coefficient (Wildman–Crippen LogP) is 0.354. The Morgan fingerprint density at radius 3 is 3.11 bits per heavy atom. The van der Waals surface area contributed by atoms with E-state index in [0.29, 0.717) is 16.5 Å². The van der Waals surface area contributed by atoms with Crippen LogP contribution in [0.4, 0.5) is 0 Å². The van der Waals surface area contributed by atoms with Crippen LogP contribution in [0.25, 0.3) is 0 Å². The van der Waals surface area contributed by atoms with Crippen LogP contribution < -0.4 is 11.0 Å². The lowest BCUT2D eigenvalue weighted by molar-refractivity contribution is 0.233. The third-order valence-corrected chi connectivity index (χ3v) is 3.00. The molecular formula is C9H9N5O3S. The molecule has 2 aromatic heterocycles. The molecule has 8 nitrogen and oxygen atoms in total. The van der Waals surface area contributed by atoms with Gasteiger partial charge in [-0.05, 0) is 16.4 Å². The van der Waals surface area contributed by atoms with Crippen molar-refractivity contribution in [3.05, 3.63) is 39.9 Å². The maximum absolute atomic E-state index is 11.1. The highest BCUT2D eigenvalue weighted by Crippen LogP contribution is 2.22. The fraction of sp³-hybridized carbons (Fsp3) is 0.111. The fourth-order valence-electron chi connectivity index (χ4n) is 1.20. The van der Waals surface area contributed by atoms with Gasteiger partial charge in [-0.25, -0.2) is 4.63 Å². The van der Waals surface area contributed by atoms with E-state index in [2.05, 4.69) is 19.9 Å². The number of amidine groups is 1. The molecule has 4 N–H and O–H groups in total. The third-order valence-electron chi connectivity index (χ3n) is 2.00. The van der Waals surface area contributed by atoms with Gasteiger partial charge in [0, 0.05) is 17.5 Å². The molecule has 0 radical (unpaired) electrons. The summed E-state index contributed by atoms with van der Waals surface area (Å²) in [6.07, 6.45) is 0. The lowest BCUT2D eigenvalue weighted by Gasteiger charge is -2.00. The Bertz CT molecular complexity index is 608. The van der Waals surface area contributed by atoms with Gasteiger partial charge in [0.05, 0.1) is 0 Å². The molecule has 9 heteroatoms. The molecule has 0 spiro atoms. The van der Waals surface area contributed by atoms with Gasteiger partial charge in [-0.1, -0.05) is 17.8 Å². The number of aromatic amines is 1. The molecule has 0 aliphatic rings. The van der Waals surface area contributed by atoms with Gasteiger partial charge in [-0.2, -0.15) is 0 Å². The minimum atomic E-state index is -0.305. The monoisotopic (exact) mass is 267 g/mol. The minimum absolute atomic E-state index is 0.112. The van der Waals surface area contributed by atoms with Crippen LogP contribution in [0.1, 0.15) is 11.4 Å². The zero-order valence-electron chi connectivity index (χ0n) is 9.01. The zero-order valence-corrected chi connectivity index (χ0v) is 9.82. The van der Waals surface area contributed by atoms with Crippen molar-refractivity contribution in [3.8, 4) is 0 Å². The normalized spacial score (nSPS) is 10.3. The molecule has 0 fully saturated rings.